The van der Waals surface area contributed by atoms with Crippen molar-refractivity contribution in [2.75, 3.05) is 0 Å². The van der Waals surface area contributed by atoms with Gasteiger partial charge in [0.25, 0.3) is 0 Å². The highest BCUT2D eigenvalue weighted by atomic mass is 32.2. The third kappa shape index (κ3) is 4.52. The van der Waals surface area contributed by atoms with Crippen molar-refractivity contribution in [1.82, 2.24) is 0 Å². The lowest BCUT2D eigenvalue weighted by atomic mass is 10.0. The van der Waals surface area contributed by atoms with Gasteiger partial charge in [-0.1, -0.05) is 24.3 Å². The quantitative estimate of drug-likeness (QED) is 0.495. The molecule has 0 aromatic heterocycles. The maximum Gasteiger partial charge on any atom is 0.342 e. The lowest BCUT2D eigenvalue weighted by Crippen LogP contribution is -2.00. The lowest BCUT2D eigenvalue weighted by molar-refractivity contribution is 0.0661. The molecule has 2 aromatic carbocycles. The molecule has 0 fully saturated rings. The molecule has 0 unspecified atom stereocenters. The van der Waals surface area contributed by atoms with Crippen LogP contribution in [-0.4, -0.2) is 25.5 Å². The Morgan fingerprint density at radius 2 is 1.35 bits per heavy atom. The van der Waals surface area contributed by atoms with Crippen LogP contribution in [0.3, 0.4) is 0 Å². The van der Waals surface area contributed by atoms with E-state index in [1.165, 1.54) is 24.3 Å². The fraction of sp³-hybridized carbons (Fsp3) is 0. The summed E-state index contributed by atoms with van der Waals surface area (Å²) in [5.74, 6) is -1.67. The third-order valence-electron chi connectivity index (χ3n) is 2.94. The van der Waals surface area contributed by atoms with Crippen molar-refractivity contribution in [2.24, 2.45) is 0 Å². The first-order chi connectivity index (χ1) is 11.0. The van der Waals surface area contributed by atoms with E-state index < -0.39 is 22.6 Å². The highest BCUT2D eigenvalue weighted by Crippen LogP contribution is 2.20. The van der Waals surface area contributed by atoms with Crippen molar-refractivity contribution in [1.29, 1.82) is 0 Å². The van der Waals surface area contributed by atoms with Crippen LogP contribution in [0.15, 0.2) is 60.2 Å². The zero-order chi connectivity index (χ0) is 16.8. The van der Waals surface area contributed by atoms with E-state index in [4.69, 9.17) is 5.11 Å². The molecule has 0 heterocycles. The van der Waals surface area contributed by atoms with Gasteiger partial charge >= 0.3 is 11.9 Å². The molecule has 0 saturated heterocycles. The van der Waals surface area contributed by atoms with Crippen LogP contribution in [0.4, 0.5) is 0 Å². The Labute approximate surface area is 133 Å². The zero-order valence-electron chi connectivity index (χ0n) is 11.7. The van der Waals surface area contributed by atoms with Crippen LogP contribution in [0.25, 0.3) is 11.1 Å². The maximum atomic E-state index is 11.7. The lowest BCUT2D eigenvalue weighted by Gasteiger charge is -2.04. The molecular weight excluding hydrogens is 320 g/mol. The minimum absolute atomic E-state index is 0.192. The molecule has 118 valence electrons. The van der Waals surface area contributed by atoms with E-state index in [1.807, 2.05) is 0 Å². The van der Waals surface area contributed by atoms with Crippen LogP contribution in [0, 0.1) is 0 Å². The van der Waals surface area contributed by atoms with Gasteiger partial charge in [-0.2, -0.15) is 0 Å². The molecule has 0 aliphatic carbocycles. The highest BCUT2D eigenvalue weighted by Gasteiger charge is 2.07. The van der Waals surface area contributed by atoms with Crippen molar-refractivity contribution in [3.05, 3.63) is 71.3 Å². The molecule has 6 nitrogen and oxygen atoms in total. The Kier molecular flexibility index (Phi) is 5.27. The Morgan fingerprint density at radius 3 is 1.78 bits per heavy atom. The van der Waals surface area contributed by atoms with E-state index >= 15 is 0 Å². The van der Waals surface area contributed by atoms with Gasteiger partial charge in [0.15, 0.2) is 10.7 Å². The van der Waals surface area contributed by atoms with Gasteiger partial charge in [-0.25, -0.2) is 18.0 Å². The van der Waals surface area contributed by atoms with Gasteiger partial charge in [-0.3, -0.25) is 0 Å². The van der Waals surface area contributed by atoms with Crippen LogP contribution < -0.4 is 0 Å². The van der Waals surface area contributed by atoms with Crippen molar-refractivity contribution in [3.63, 3.8) is 0 Å². The topological polar surface area (TPSA) is 97.7 Å². The Morgan fingerprint density at radius 1 is 0.870 bits per heavy atom. The number of hydrogen-bond donors (Lipinski definition) is 2. The second kappa shape index (κ2) is 7.37. The molecule has 0 amide bonds. The van der Waals surface area contributed by atoms with E-state index in [0.29, 0.717) is 0 Å². The van der Waals surface area contributed by atoms with Crippen LogP contribution >= 0.6 is 0 Å². The van der Waals surface area contributed by atoms with Crippen LogP contribution in [0.1, 0.15) is 20.7 Å². The summed E-state index contributed by atoms with van der Waals surface area (Å²) < 4.78 is 25.3. The molecule has 0 bridgehead atoms. The molecule has 23 heavy (non-hydrogen) atoms. The largest absolute Gasteiger partial charge is 0.478 e. The van der Waals surface area contributed by atoms with Crippen molar-refractivity contribution >= 4 is 22.6 Å². The summed E-state index contributed by atoms with van der Waals surface area (Å²) in [6.07, 6.45) is 0.812. The van der Waals surface area contributed by atoms with Gasteiger partial charge in [0.1, 0.15) is 6.26 Å². The number of carboxylic acid groups (broad SMARTS) is 1. The second-order valence-corrected chi connectivity index (χ2v) is 5.30. The zero-order valence-corrected chi connectivity index (χ0v) is 12.6. The normalized spacial score (nSPS) is 10.8. The summed E-state index contributed by atoms with van der Waals surface area (Å²) in [4.78, 5) is 22.5. The Hall–Kier alpha value is -2.93. The summed E-state index contributed by atoms with van der Waals surface area (Å²) >= 11 is 0. The number of thiol groups is 1. The average molecular weight is 332 g/mol. The molecule has 1 N–H and O–H groups in total. The fourth-order valence-electron chi connectivity index (χ4n) is 1.81. The SMILES string of the molecule is O=C(O)c1ccc(-c2ccc(C(=O)OC=C[SH](=O)=O)cc2)cc1. The van der Waals surface area contributed by atoms with Crippen LogP contribution in [0.5, 0.6) is 0 Å². The smallest absolute Gasteiger partial charge is 0.342 e. The minimum atomic E-state index is -2.74. The summed E-state index contributed by atoms with van der Waals surface area (Å²) in [6.45, 7) is 0. The summed E-state index contributed by atoms with van der Waals surface area (Å²) in [5.41, 5.74) is 2.06. The molecule has 0 aliphatic rings. The number of aromatic carboxylic acids is 1. The summed E-state index contributed by atoms with van der Waals surface area (Å²) in [6, 6.07) is 12.8. The van der Waals surface area contributed by atoms with Gasteiger partial charge < -0.3 is 9.84 Å². The summed E-state index contributed by atoms with van der Waals surface area (Å²) in [7, 11) is -2.74. The van der Waals surface area contributed by atoms with E-state index in [-0.39, 0.29) is 11.1 Å². The molecule has 0 aliphatic heterocycles. The number of carboxylic acids is 1. The average Bonchev–Trinajstić information content (AvgIpc) is 2.54. The van der Waals surface area contributed by atoms with Gasteiger partial charge in [-0.05, 0) is 35.4 Å². The van der Waals surface area contributed by atoms with E-state index in [1.54, 1.807) is 24.3 Å². The first kappa shape index (κ1) is 16.4. The van der Waals surface area contributed by atoms with Gasteiger partial charge in [-0.15, -0.1) is 0 Å². The molecule has 2 rings (SSSR count). The van der Waals surface area contributed by atoms with Crippen LogP contribution in [-0.2, 0) is 15.4 Å². The Balaban J connectivity index is 2.12. The molecule has 0 saturated carbocycles. The number of esters is 1. The van der Waals surface area contributed by atoms with Gasteiger partial charge in [0.05, 0.1) is 16.5 Å². The monoisotopic (exact) mass is 332 g/mol. The predicted octanol–water partition coefficient (Wildman–Crippen LogP) is 2.29. The molecule has 0 spiro atoms. The highest BCUT2D eigenvalue weighted by molar-refractivity contribution is 7.75. The molecule has 7 heteroatoms. The maximum absolute atomic E-state index is 11.7. The van der Waals surface area contributed by atoms with Crippen molar-refractivity contribution < 1.29 is 27.9 Å². The first-order valence-corrected chi connectivity index (χ1v) is 7.67. The standard InChI is InChI=1S/C16H12O6S/c17-15(18)13-5-1-11(2-6-13)12-3-7-14(8-4-12)16(19)22-9-10-23(20)21/h1-10,23H,(H,17,18). The number of hydrogen-bond acceptors (Lipinski definition) is 5. The summed E-state index contributed by atoms with van der Waals surface area (Å²) in [5, 5.41) is 9.61. The molecular formula is C16H12O6S. The third-order valence-corrected chi connectivity index (χ3v) is 3.31. The van der Waals surface area contributed by atoms with Crippen molar-refractivity contribution in [3.8, 4) is 11.1 Å². The second-order valence-electron chi connectivity index (χ2n) is 4.44. The Bertz CT molecular complexity index is 809. The minimum Gasteiger partial charge on any atom is -0.478 e. The molecule has 2 aromatic rings. The molecule has 0 radical (unpaired) electrons. The molecule has 0 atom stereocenters. The number of ether oxygens (including phenoxy) is 1. The van der Waals surface area contributed by atoms with E-state index in [2.05, 4.69) is 4.74 Å². The van der Waals surface area contributed by atoms with Crippen molar-refractivity contribution in [2.45, 2.75) is 0 Å². The predicted molar refractivity (Wildman–Crippen MR) is 83.7 cm³/mol. The van der Waals surface area contributed by atoms with E-state index in [9.17, 15) is 18.0 Å². The van der Waals surface area contributed by atoms with Gasteiger partial charge in [0.2, 0.25) is 0 Å². The van der Waals surface area contributed by atoms with Crippen LogP contribution in [0.2, 0.25) is 0 Å². The number of carbonyl (C=O) groups is 2. The van der Waals surface area contributed by atoms with E-state index in [0.717, 1.165) is 22.8 Å². The fourth-order valence-corrected chi connectivity index (χ4v) is 1.97. The number of carbonyl (C=O) groups excluding carboxylic acids is 1. The van der Waals surface area contributed by atoms with Gasteiger partial charge in [0, 0.05) is 0 Å². The first-order valence-electron chi connectivity index (χ1n) is 6.42. The number of benzene rings is 2. The number of rotatable bonds is 5.